The lowest BCUT2D eigenvalue weighted by molar-refractivity contribution is -0.154. The number of halogens is 3. The zero-order chi connectivity index (χ0) is 21.8. The van der Waals surface area contributed by atoms with Gasteiger partial charge >= 0.3 is 6.18 Å². The summed E-state index contributed by atoms with van der Waals surface area (Å²) in [7, 11) is 1.60. The van der Waals surface area contributed by atoms with E-state index in [2.05, 4.69) is 20.6 Å². The maximum absolute atomic E-state index is 12.4. The van der Waals surface area contributed by atoms with Gasteiger partial charge < -0.3 is 24.8 Å². The highest BCUT2D eigenvalue weighted by Gasteiger charge is 2.29. The molecule has 1 aromatic heterocycles. The first-order valence-corrected chi connectivity index (χ1v) is 9.33. The summed E-state index contributed by atoms with van der Waals surface area (Å²) in [6.07, 6.45) is -3.06. The molecule has 7 nitrogen and oxygen atoms in total. The maximum atomic E-state index is 12.4. The Morgan fingerprint density at radius 2 is 1.80 bits per heavy atom. The van der Waals surface area contributed by atoms with Gasteiger partial charge in [0.05, 0.1) is 20.2 Å². The topological polar surface area (TPSA) is 77.0 Å². The van der Waals surface area contributed by atoms with Crippen LogP contribution in [0.1, 0.15) is 12.5 Å². The van der Waals surface area contributed by atoms with Gasteiger partial charge in [0, 0.05) is 18.3 Å². The SMILES string of the molecule is CCNC(=NCc1cccnc1OCC(F)(F)F)NCCOc1ccc(OC)cc1. The summed E-state index contributed by atoms with van der Waals surface area (Å²) in [6.45, 7) is 2.10. The summed E-state index contributed by atoms with van der Waals surface area (Å²) in [5, 5.41) is 6.18. The Labute approximate surface area is 173 Å². The molecule has 0 unspecified atom stereocenters. The average molecular weight is 426 g/mol. The molecule has 0 aliphatic rings. The molecule has 0 bridgehead atoms. The van der Waals surface area contributed by atoms with E-state index >= 15 is 0 Å². The molecule has 0 amide bonds. The molecule has 0 aliphatic carbocycles. The van der Waals surface area contributed by atoms with E-state index in [1.54, 1.807) is 31.4 Å². The van der Waals surface area contributed by atoms with Crippen molar-refractivity contribution in [2.45, 2.75) is 19.6 Å². The molecule has 0 radical (unpaired) electrons. The predicted molar refractivity (Wildman–Crippen MR) is 107 cm³/mol. The first-order valence-electron chi connectivity index (χ1n) is 9.33. The molecule has 30 heavy (non-hydrogen) atoms. The van der Waals surface area contributed by atoms with Crippen molar-refractivity contribution in [3.05, 3.63) is 48.2 Å². The monoisotopic (exact) mass is 426 g/mol. The average Bonchev–Trinajstić information content (AvgIpc) is 2.74. The summed E-state index contributed by atoms with van der Waals surface area (Å²) in [6, 6.07) is 10.5. The van der Waals surface area contributed by atoms with E-state index in [4.69, 9.17) is 14.2 Å². The lowest BCUT2D eigenvalue weighted by atomic mass is 10.3. The molecular formula is C20H25F3N4O3. The van der Waals surface area contributed by atoms with Crippen molar-refractivity contribution >= 4 is 5.96 Å². The van der Waals surface area contributed by atoms with Crippen LogP contribution in [0.2, 0.25) is 0 Å². The number of rotatable bonds is 10. The van der Waals surface area contributed by atoms with Gasteiger partial charge in [-0.15, -0.1) is 0 Å². The Morgan fingerprint density at radius 1 is 1.07 bits per heavy atom. The number of alkyl halides is 3. The van der Waals surface area contributed by atoms with Gasteiger partial charge in [0.25, 0.3) is 0 Å². The van der Waals surface area contributed by atoms with Gasteiger partial charge in [-0.2, -0.15) is 13.2 Å². The van der Waals surface area contributed by atoms with Gasteiger partial charge in [-0.05, 0) is 37.3 Å². The highest BCUT2D eigenvalue weighted by atomic mass is 19.4. The van der Waals surface area contributed by atoms with E-state index in [1.807, 2.05) is 19.1 Å². The van der Waals surface area contributed by atoms with Gasteiger partial charge in [0.2, 0.25) is 5.88 Å². The van der Waals surface area contributed by atoms with Crippen LogP contribution in [0.15, 0.2) is 47.6 Å². The minimum atomic E-state index is -4.43. The molecule has 0 aliphatic heterocycles. The van der Waals surface area contributed by atoms with Crippen molar-refractivity contribution in [3.8, 4) is 17.4 Å². The Morgan fingerprint density at radius 3 is 2.47 bits per heavy atom. The fourth-order valence-electron chi connectivity index (χ4n) is 2.34. The maximum Gasteiger partial charge on any atom is 0.422 e. The number of guanidine groups is 1. The van der Waals surface area contributed by atoms with Crippen LogP contribution in [-0.4, -0.2) is 50.5 Å². The molecule has 1 heterocycles. The molecule has 0 spiro atoms. The minimum absolute atomic E-state index is 0.0859. The molecule has 0 fully saturated rings. The molecule has 164 valence electrons. The van der Waals surface area contributed by atoms with Crippen LogP contribution in [0.25, 0.3) is 0 Å². The molecule has 10 heteroatoms. The molecular weight excluding hydrogens is 401 g/mol. The Kier molecular flexibility index (Phi) is 9.04. The quantitative estimate of drug-likeness (QED) is 0.345. The van der Waals surface area contributed by atoms with Crippen molar-refractivity contribution in [2.75, 3.05) is 33.4 Å². The van der Waals surface area contributed by atoms with Gasteiger partial charge in [-0.3, -0.25) is 0 Å². The van der Waals surface area contributed by atoms with Crippen molar-refractivity contribution in [2.24, 2.45) is 4.99 Å². The van der Waals surface area contributed by atoms with E-state index in [0.717, 1.165) is 5.75 Å². The molecule has 2 N–H and O–H groups in total. The van der Waals surface area contributed by atoms with Crippen LogP contribution in [0.3, 0.4) is 0 Å². The zero-order valence-corrected chi connectivity index (χ0v) is 16.8. The zero-order valence-electron chi connectivity index (χ0n) is 16.8. The minimum Gasteiger partial charge on any atom is -0.497 e. The third-order valence-electron chi connectivity index (χ3n) is 3.70. The summed E-state index contributed by atoms with van der Waals surface area (Å²) in [5.41, 5.74) is 0.452. The van der Waals surface area contributed by atoms with Crippen molar-refractivity contribution < 1.29 is 27.4 Å². The molecule has 1 aromatic carbocycles. The number of aliphatic imine (C=N–C) groups is 1. The van der Waals surface area contributed by atoms with E-state index in [0.29, 0.717) is 37.0 Å². The first-order chi connectivity index (χ1) is 14.4. The number of hydrogen-bond donors (Lipinski definition) is 2. The largest absolute Gasteiger partial charge is 0.497 e. The lowest BCUT2D eigenvalue weighted by Gasteiger charge is -2.13. The molecule has 2 rings (SSSR count). The van der Waals surface area contributed by atoms with Crippen LogP contribution in [0, 0.1) is 0 Å². The number of pyridine rings is 1. The second-order valence-electron chi connectivity index (χ2n) is 6.02. The van der Waals surface area contributed by atoms with E-state index in [1.165, 1.54) is 6.20 Å². The number of benzene rings is 1. The van der Waals surface area contributed by atoms with Crippen molar-refractivity contribution in [3.63, 3.8) is 0 Å². The highest BCUT2D eigenvalue weighted by Crippen LogP contribution is 2.20. The summed E-state index contributed by atoms with van der Waals surface area (Å²) < 4.78 is 52.7. The normalized spacial score (nSPS) is 11.7. The van der Waals surface area contributed by atoms with Crippen LogP contribution in [0.4, 0.5) is 13.2 Å². The summed E-state index contributed by atoms with van der Waals surface area (Å²) in [4.78, 5) is 8.24. The third-order valence-corrected chi connectivity index (χ3v) is 3.70. The number of methoxy groups -OCH3 is 1. The second kappa shape index (κ2) is 11.7. The van der Waals surface area contributed by atoms with E-state index in [9.17, 15) is 13.2 Å². The van der Waals surface area contributed by atoms with E-state index < -0.39 is 12.8 Å². The van der Waals surface area contributed by atoms with Crippen LogP contribution >= 0.6 is 0 Å². The Bertz CT molecular complexity index is 799. The van der Waals surface area contributed by atoms with Gasteiger partial charge in [-0.1, -0.05) is 6.07 Å². The van der Waals surface area contributed by atoms with Crippen LogP contribution < -0.4 is 24.8 Å². The third kappa shape index (κ3) is 8.46. The van der Waals surface area contributed by atoms with Crippen LogP contribution in [0.5, 0.6) is 17.4 Å². The summed E-state index contributed by atoms with van der Waals surface area (Å²) >= 11 is 0. The standard InChI is InChI=1S/C20H25F3N4O3/c1-3-24-19(26-11-12-29-17-8-6-16(28-2)7-9-17)27-13-15-5-4-10-25-18(15)30-14-20(21,22)23/h4-10H,3,11-14H2,1-2H3,(H2,24,26,27). The van der Waals surface area contributed by atoms with E-state index in [-0.39, 0.29) is 12.4 Å². The molecule has 0 atom stereocenters. The molecule has 0 saturated heterocycles. The smallest absolute Gasteiger partial charge is 0.422 e. The van der Waals surface area contributed by atoms with Gasteiger partial charge in [0.1, 0.15) is 18.1 Å². The number of aromatic nitrogens is 1. The summed E-state index contributed by atoms with van der Waals surface area (Å²) in [5.74, 6) is 1.87. The number of hydrogen-bond acceptors (Lipinski definition) is 5. The predicted octanol–water partition coefficient (Wildman–Crippen LogP) is 3.17. The number of nitrogens with one attached hydrogen (secondary N) is 2. The number of nitrogens with zero attached hydrogens (tertiary/aromatic N) is 2. The number of ether oxygens (including phenoxy) is 3. The highest BCUT2D eigenvalue weighted by molar-refractivity contribution is 5.79. The lowest BCUT2D eigenvalue weighted by Crippen LogP contribution is -2.39. The van der Waals surface area contributed by atoms with Crippen molar-refractivity contribution in [1.82, 2.24) is 15.6 Å². The van der Waals surface area contributed by atoms with Gasteiger partial charge in [-0.25, -0.2) is 9.98 Å². The van der Waals surface area contributed by atoms with Crippen LogP contribution in [-0.2, 0) is 6.54 Å². The second-order valence-corrected chi connectivity index (χ2v) is 6.02. The van der Waals surface area contributed by atoms with Crippen molar-refractivity contribution in [1.29, 1.82) is 0 Å². The molecule has 0 saturated carbocycles. The Hall–Kier alpha value is -3.17. The first kappa shape index (κ1) is 23.1. The fourth-order valence-corrected chi connectivity index (χ4v) is 2.34. The van der Waals surface area contributed by atoms with Gasteiger partial charge in [0.15, 0.2) is 12.6 Å². The molecule has 2 aromatic rings. The fraction of sp³-hybridized carbons (Fsp3) is 0.400. The Balaban J connectivity index is 1.88.